The van der Waals surface area contributed by atoms with Gasteiger partial charge in [0.05, 0.1) is 12.6 Å². The molecule has 0 bridgehead atoms. The van der Waals surface area contributed by atoms with Crippen LogP contribution in [0.4, 0.5) is 10.3 Å². The summed E-state index contributed by atoms with van der Waals surface area (Å²) in [6.07, 6.45) is 2.46. The number of nitrogens with one attached hydrogen (secondary N) is 1. The van der Waals surface area contributed by atoms with E-state index in [0.29, 0.717) is 12.6 Å². The van der Waals surface area contributed by atoms with Crippen molar-refractivity contribution >= 4 is 5.95 Å². The standard InChI is InChI=1S/C14H14FN3O/c1-9-4-6-16-14(17-9)18-12-5-7-19-13-3-2-10(15)8-11(12)13/h2-4,6,8,12H,5,7H2,1H3,(H,16,17,18). The number of anilines is 1. The number of ether oxygens (including phenoxy) is 1. The summed E-state index contributed by atoms with van der Waals surface area (Å²) in [5, 5.41) is 3.24. The molecule has 1 aromatic carbocycles. The van der Waals surface area contributed by atoms with Crippen molar-refractivity contribution in [2.75, 3.05) is 11.9 Å². The van der Waals surface area contributed by atoms with Crippen LogP contribution in [0.5, 0.6) is 5.75 Å². The van der Waals surface area contributed by atoms with Gasteiger partial charge < -0.3 is 10.1 Å². The lowest BCUT2D eigenvalue weighted by molar-refractivity contribution is 0.273. The average Bonchev–Trinajstić information content (AvgIpc) is 2.39. The van der Waals surface area contributed by atoms with Gasteiger partial charge in [0.15, 0.2) is 0 Å². The molecule has 1 N–H and O–H groups in total. The molecule has 0 spiro atoms. The monoisotopic (exact) mass is 259 g/mol. The average molecular weight is 259 g/mol. The molecule has 19 heavy (non-hydrogen) atoms. The van der Waals surface area contributed by atoms with Crippen LogP contribution in [0.15, 0.2) is 30.5 Å². The zero-order valence-electron chi connectivity index (χ0n) is 10.6. The predicted molar refractivity (Wildman–Crippen MR) is 69.6 cm³/mol. The van der Waals surface area contributed by atoms with E-state index in [1.807, 2.05) is 13.0 Å². The Hall–Kier alpha value is -2.17. The minimum Gasteiger partial charge on any atom is -0.493 e. The molecule has 98 valence electrons. The van der Waals surface area contributed by atoms with E-state index in [4.69, 9.17) is 4.74 Å². The zero-order chi connectivity index (χ0) is 13.2. The zero-order valence-corrected chi connectivity index (χ0v) is 10.6. The Bertz CT molecular complexity index is 603. The van der Waals surface area contributed by atoms with E-state index in [0.717, 1.165) is 23.4 Å². The largest absolute Gasteiger partial charge is 0.493 e. The van der Waals surface area contributed by atoms with Gasteiger partial charge in [-0.2, -0.15) is 0 Å². The van der Waals surface area contributed by atoms with Crippen LogP contribution in [0.3, 0.4) is 0 Å². The predicted octanol–water partition coefficient (Wildman–Crippen LogP) is 2.86. The van der Waals surface area contributed by atoms with Crippen molar-refractivity contribution in [3.05, 3.63) is 47.5 Å². The van der Waals surface area contributed by atoms with Gasteiger partial charge in [-0.15, -0.1) is 0 Å². The van der Waals surface area contributed by atoms with E-state index in [9.17, 15) is 4.39 Å². The van der Waals surface area contributed by atoms with Crippen LogP contribution < -0.4 is 10.1 Å². The molecule has 1 aliphatic rings. The van der Waals surface area contributed by atoms with Gasteiger partial charge in [-0.25, -0.2) is 14.4 Å². The van der Waals surface area contributed by atoms with Crippen molar-refractivity contribution in [2.24, 2.45) is 0 Å². The van der Waals surface area contributed by atoms with Crippen molar-refractivity contribution in [1.29, 1.82) is 0 Å². The second kappa shape index (κ2) is 4.84. The molecule has 2 aromatic rings. The molecule has 1 aliphatic heterocycles. The number of benzene rings is 1. The Morgan fingerprint density at radius 1 is 1.37 bits per heavy atom. The summed E-state index contributed by atoms with van der Waals surface area (Å²) in [6.45, 7) is 2.51. The highest BCUT2D eigenvalue weighted by Crippen LogP contribution is 2.34. The third-order valence-corrected chi connectivity index (χ3v) is 3.11. The fraction of sp³-hybridized carbons (Fsp3) is 0.286. The van der Waals surface area contributed by atoms with Crippen LogP contribution >= 0.6 is 0 Å². The number of nitrogens with zero attached hydrogens (tertiary/aromatic N) is 2. The van der Waals surface area contributed by atoms with Crippen molar-refractivity contribution in [3.63, 3.8) is 0 Å². The summed E-state index contributed by atoms with van der Waals surface area (Å²) in [4.78, 5) is 8.48. The topological polar surface area (TPSA) is 47.0 Å². The minimum atomic E-state index is -0.263. The Balaban J connectivity index is 1.89. The van der Waals surface area contributed by atoms with Gasteiger partial charge in [-0.1, -0.05) is 0 Å². The number of aryl methyl sites for hydroxylation is 1. The first kappa shape index (κ1) is 11.9. The molecule has 0 radical (unpaired) electrons. The van der Waals surface area contributed by atoms with Crippen molar-refractivity contribution in [1.82, 2.24) is 9.97 Å². The summed E-state index contributed by atoms with van der Waals surface area (Å²) in [5.74, 6) is 1.01. The van der Waals surface area contributed by atoms with Crippen molar-refractivity contribution in [2.45, 2.75) is 19.4 Å². The van der Waals surface area contributed by atoms with Gasteiger partial charge in [0, 0.05) is 23.9 Å². The lowest BCUT2D eigenvalue weighted by Gasteiger charge is -2.26. The van der Waals surface area contributed by atoms with Crippen LogP contribution in [0.2, 0.25) is 0 Å². The minimum absolute atomic E-state index is 0.0266. The lowest BCUT2D eigenvalue weighted by atomic mass is 10.0. The van der Waals surface area contributed by atoms with Crippen LogP contribution in [0, 0.1) is 12.7 Å². The second-order valence-electron chi connectivity index (χ2n) is 4.54. The fourth-order valence-corrected chi connectivity index (χ4v) is 2.19. The smallest absolute Gasteiger partial charge is 0.223 e. The highest BCUT2D eigenvalue weighted by atomic mass is 19.1. The SMILES string of the molecule is Cc1ccnc(NC2CCOc3ccc(F)cc32)n1. The third kappa shape index (κ3) is 2.50. The first-order valence-corrected chi connectivity index (χ1v) is 6.21. The van der Waals surface area contributed by atoms with Crippen molar-refractivity contribution in [3.8, 4) is 5.75 Å². The molecule has 3 rings (SSSR count). The Morgan fingerprint density at radius 2 is 2.26 bits per heavy atom. The molecule has 0 amide bonds. The molecule has 0 saturated carbocycles. The summed E-state index contributed by atoms with van der Waals surface area (Å²) in [5.41, 5.74) is 1.71. The van der Waals surface area contributed by atoms with Crippen LogP contribution in [0.25, 0.3) is 0 Å². The number of hydrogen-bond acceptors (Lipinski definition) is 4. The van der Waals surface area contributed by atoms with Gasteiger partial charge >= 0.3 is 0 Å². The van der Waals surface area contributed by atoms with Gasteiger partial charge in [-0.05, 0) is 31.2 Å². The molecule has 1 atom stereocenters. The van der Waals surface area contributed by atoms with Gasteiger partial charge in [0.25, 0.3) is 0 Å². The summed E-state index contributed by atoms with van der Waals surface area (Å²) in [6, 6.07) is 6.38. The quantitative estimate of drug-likeness (QED) is 0.900. The third-order valence-electron chi connectivity index (χ3n) is 3.11. The molecule has 0 aliphatic carbocycles. The molecule has 2 heterocycles. The van der Waals surface area contributed by atoms with Gasteiger partial charge in [0.2, 0.25) is 5.95 Å². The first-order valence-electron chi connectivity index (χ1n) is 6.21. The van der Waals surface area contributed by atoms with Crippen molar-refractivity contribution < 1.29 is 9.13 Å². The fourth-order valence-electron chi connectivity index (χ4n) is 2.19. The highest BCUT2D eigenvalue weighted by Gasteiger charge is 2.22. The summed E-state index contributed by atoms with van der Waals surface area (Å²) >= 11 is 0. The van der Waals surface area contributed by atoms with Gasteiger partial charge in [0.1, 0.15) is 11.6 Å². The van der Waals surface area contributed by atoms with E-state index >= 15 is 0 Å². The Morgan fingerprint density at radius 3 is 3.11 bits per heavy atom. The first-order chi connectivity index (χ1) is 9.22. The summed E-state index contributed by atoms with van der Waals surface area (Å²) in [7, 11) is 0. The van der Waals surface area contributed by atoms with Crippen LogP contribution in [-0.4, -0.2) is 16.6 Å². The van der Waals surface area contributed by atoms with Gasteiger partial charge in [-0.3, -0.25) is 0 Å². The maximum atomic E-state index is 13.4. The molecule has 0 saturated heterocycles. The molecular weight excluding hydrogens is 245 g/mol. The van der Waals surface area contributed by atoms with Crippen LogP contribution in [-0.2, 0) is 0 Å². The van der Waals surface area contributed by atoms with Crippen LogP contribution in [0.1, 0.15) is 23.7 Å². The second-order valence-corrected chi connectivity index (χ2v) is 4.54. The molecule has 5 heteroatoms. The number of rotatable bonds is 2. The number of halogens is 1. The Kier molecular flexibility index (Phi) is 3.03. The molecule has 1 unspecified atom stereocenters. The molecule has 1 aromatic heterocycles. The Labute approximate surface area is 110 Å². The summed E-state index contributed by atoms with van der Waals surface area (Å²) < 4.78 is 18.9. The normalized spacial score (nSPS) is 17.5. The number of hydrogen-bond donors (Lipinski definition) is 1. The van der Waals surface area contributed by atoms with E-state index < -0.39 is 0 Å². The molecule has 0 fully saturated rings. The van der Waals surface area contributed by atoms with E-state index in [-0.39, 0.29) is 11.9 Å². The number of fused-ring (bicyclic) bond motifs is 1. The highest BCUT2D eigenvalue weighted by molar-refractivity contribution is 5.42. The van der Waals surface area contributed by atoms with E-state index in [1.165, 1.54) is 12.1 Å². The lowest BCUT2D eigenvalue weighted by Crippen LogP contribution is -2.21. The maximum absolute atomic E-state index is 13.4. The van der Waals surface area contributed by atoms with E-state index in [1.54, 1.807) is 12.3 Å². The maximum Gasteiger partial charge on any atom is 0.223 e. The molecular formula is C14H14FN3O. The van der Waals surface area contributed by atoms with E-state index in [2.05, 4.69) is 15.3 Å². The number of aromatic nitrogens is 2. The molecule has 4 nitrogen and oxygen atoms in total.